The SMILES string of the molecule is CCNC(CSc1ccccc1)c1ccc(Br)c(Cl)c1F. The molecule has 0 amide bonds. The third-order valence-electron chi connectivity index (χ3n) is 3.05. The maximum atomic E-state index is 14.4. The fraction of sp³-hybridized carbons (Fsp3) is 0.250. The standard InChI is InChI=1S/C16H16BrClFNS/c1-2-20-14(10-21-11-6-4-3-5-7-11)12-8-9-13(17)15(18)16(12)19/h3-9,14,20H,2,10H2,1H3. The van der Waals surface area contributed by atoms with Crippen LogP contribution in [0.2, 0.25) is 5.02 Å². The number of nitrogens with one attached hydrogen (secondary N) is 1. The summed E-state index contributed by atoms with van der Waals surface area (Å²) >= 11 is 10.9. The fourth-order valence-electron chi connectivity index (χ4n) is 2.01. The maximum Gasteiger partial charge on any atom is 0.147 e. The number of rotatable bonds is 6. The van der Waals surface area contributed by atoms with Gasteiger partial charge in [-0.1, -0.05) is 42.8 Å². The molecule has 0 spiro atoms. The summed E-state index contributed by atoms with van der Waals surface area (Å²) in [6.07, 6.45) is 0. The summed E-state index contributed by atoms with van der Waals surface area (Å²) in [5, 5.41) is 3.46. The Bertz CT molecular complexity index is 594. The van der Waals surface area contributed by atoms with Crippen molar-refractivity contribution in [2.45, 2.75) is 17.9 Å². The van der Waals surface area contributed by atoms with E-state index in [2.05, 4.69) is 33.4 Å². The minimum absolute atomic E-state index is 0.0780. The second-order valence-electron chi connectivity index (χ2n) is 4.50. The molecule has 21 heavy (non-hydrogen) atoms. The van der Waals surface area contributed by atoms with Gasteiger partial charge in [0, 0.05) is 26.7 Å². The highest BCUT2D eigenvalue weighted by molar-refractivity contribution is 9.10. The van der Waals surface area contributed by atoms with Gasteiger partial charge >= 0.3 is 0 Å². The number of benzene rings is 2. The Kier molecular flexibility index (Phi) is 6.55. The third kappa shape index (κ3) is 4.46. The molecule has 1 atom stereocenters. The first-order valence-electron chi connectivity index (χ1n) is 6.68. The molecular weight excluding hydrogens is 373 g/mol. The fourth-order valence-corrected chi connectivity index (χ4v) is 3.50. The van der Waals surface area contributed by atoms with Crippen LogP contribution in [0.3, 0.4) is 0 Å². The highest BCUT2D eigenvalue weighted by Crippen LogP contribution is 2.32. The highest BCUT2D eigenvalue weighted by atomic mass is 79.9. The van der Waals surface area contributed by atoms with Gasteiger partial charge in [0.2, 0.25) is 0 Å². The normalized spacial score (nSPS) is 12.4. The maximum absolute atomic E-state index is 14.4. The van der Waals surface area contributed by atoms with Crippen molar-refractivity contribution in [2.24, 2.45) is 0 Å². The Morgan fingerprint density at radius 1 is 1.24 bits per heavy atom. The van der Waals surface area contributed by atoms with Crippen LogP contribution in [0.25, 0.3) is 0 Å². The molecule has 0 fully saturated rings. The van der Waals surface area contributed by atoms with E-state index in [0.717, 1.165) is 12.3 Å². The lowest BCUT2D eigenvalue weighted by Crippen LogP contribution is -2.24. The van der Waals surface area contributed by atoms with Crippen LogP contribution in [-0.4, -0.2) is 12.3 Å². The van der Waals surface area contributed by atoms with Crippen LogP contribution in [0, 0.1) is 5.82 Å². The van der Waals surface area contributed by atoms with Gasteiger partial charge in [-0.15, -0.1) is 11.8 Å². The molecule has 2 rings (SSSR count). The van der Waals surface area contributed by atoms with Gasteiger partial charge < -0.3 is 5.32 Å². The van der Waals surface area contributed by atoms with Crippen LogP contribution < -0.4 is 5.32 Å². The first-order chi connectivity index (χ1) is 10.1. The van der Waals surface area contributed by atoms with Crippen molar-refractivity contribution >= 4 is 39.3 Å². The van der Waals surface area contributed by atoms with E-state index in [1.165, 1.54) is 4.90 Å². The minimum Gasteiger partial charge on any atom is -0.309 e. The molecule has 0 heterocycles. The summed E-state index contributed by atoms with van der Waals surface area (Å²) in [7, 11) is 0. The number of thioether (sulfide) groups is 1. The topological polar surface area (TPSA) is 12.0 Å². The Morgan fingerprint density at radius 2 is 1.95 bits per heavy atom. The molecule has 1 unspecified atom stereocenters. The van der Waals surface area contributed by atoms with E-state index in [-0.39, 0.29) is 16.9 Å². The zero-order valence-corrected chi connectivity index (χ0v) is 14.7. The Labute approximate surface area is 142 Å². The van der Waals surface area contributed by atoms with Crippen molar-refractivity contribution < 1.29 is 4.39 Å². The number of hydrogen-bond acceptors (Lipinski definition) is 2. The van der Waals surface area contributed by atoms with Gasteiger partial charge in [0.25, 0.3) is 0 Å². The first kappa shape index (κ1) is 16.8. The van der Waals surface area contributed by atoms with E-state index < -0.39 is 0 Å². The zero-order valence-electron chi connectivity index (χ0n) is 11.6. The third-order valence-corrected chi connectivity index (χ3v) is 5.41. The average Bonchev–Trinajstić information content (AvgIpc) is 2.51. The molecule has 0 aliphatic heterocycles. The summed E-state index contributed by atoms with van der Waals surface area (Å²) < 4.78 is 14.9. The van der Waals surface area contributed by atoms with Crippen LogP contribution >= 0.6 is 39.3 Å². The Balaban J connectivity index is 2.17. The molecule has 2 aromatic carbocycles. The summed E-state index contributed by atoms with van der Waals surface area (Å²) in [5.41, 5.74) is 0.605. The summed E-state index contributed by atoms with van der Waals surface area (Å²) in [4.78, 5) is 1.17. The van der Waals surface area contributed by atoms with Gasteiger partial charge in [-0.3, -0.25) is 0 Å². The number of halogens is 3. The van der Waals surface area contributed by atoms with Crippen molar-refractivity contribution in [3.8, 4) is 0 Å². The van der Waals surface area contributed by atoms with Crippen molar-refractivity contribution in [1.29, 1.82) is 0 Å². The molecule has 1 nitrogen and oxygen atoms in total. The molecule has 0 bridgehead atoms. The van der Waals surface area contributed by atoms with Gasteiger partial charge in [-0.05, 0) is 40.7 Å². The van der Waals surface area contributed by atoms with Crippen LogP contribution in [0.5, 0.6) is 0 Å². The van der Waals surface area contributed by atoms with E-state index in [4.69, 9.17) is 11.6 Å². The van der Waals surface area contributed by atoms with Gasteiger partial charge in [-0.2, -0.15) is 0 Å². The van der Waals surface area contributed by atoms with Crippen molar-refractivity contribution in [3.05, 3.63) is 63.3 Å². The molecule has 5 heteroatoms. The van der Waals surface area contributed by atoms with Gasteiger partial charge in [0.1, 0.15) is 5.82 Å². The molecule has 0 aliphatic rings. The second-order valence-corrected chi connectivity index (χ2v) is 6.82. The molecule has 112 valence electrons. The molecule has 1 N–H and O–H groups in total. The predicted octanol–water partition coefficient (Wildman–Crippen LogP) is 5.68. The van der Waals surface area contributed by atoms with Crippen LogP contribution in [0.15, 0.2) is 51.8 Å². The van der Waals surface area contributed by atoms with E-state index >= 15 is 0 Å². The lowest BCUT2D eigenvalue weighted by molar-refractivity contribution is 0.545. The first-order valence-corrected chi connectivity index (χ1v) is 8.83. The number of hydrogen-bond donors (Lipinski definition) is 1. The quantitative estimate of drug-likeness (QED) is 0.504. The lowest BCUT2D eigenvalue weighted by Gasteiger charge is -2.19. The molecule has 0 radical (unpaired) electrons. The second kappa shape index (κ2) is 8.18. The van der Waals surface area contributed by atoms with Crippen molar-refractivity contribution in [1.82, 2.24) is 5.32 Å². The average molecular weight is 389 g/mol. The van der Waals surface area contributed by atoms with Gasteiger partial charge in [0.15, 0.2) is 0 Å². The van der Waals surface area contributed by atoms with Crippen molar-refractivity contribution in [3.63, 3.8) is 0 Å². The molecule has 0 saturated carbocycles. The van der Waals surface area contributed by atoms with Crippen molar-refractivity contribution in [2.75, 3.05) is 12.3 Å². The van der Waals surface area contributed by atoms with E-state index in [1.807, 2.05) is 25.1 Å². The predicted molar refractivity (Wildman–Crippen MR) is 92.7 cm³/mol. The van der Waals surface area contributed by atoms with E-state index in [1.54, 1.807) is 23.9 Å². The minimum atomic E-state index is -0.356. The van der Waals surface area contributed by atoms with E-state index in [0.29, 0.717) is 10.0 Å². The lowest BCUT2D eigenvalue weighted by atomic mass is 10.1. The monoisotopic (exact) mass is 387 g/mol. The summed E-state index contributed by atoms with van der Waals surface area (Å²) in [6, 6.07) is 13.6. The summed E-state index contributed by atoms with van der Waals surface area (Å²) in [5.74, 6) is 0.387. The van der Waals surface area contributed by atoms with Crippen LogP contribution in [-0.2, 0) is 0 Å². The van der Waals surface area contributed by atoms with Gasteiger partial charge in [0.05, 0.1) is 5.02 Å². The molecule has 0 saturated heterocycles. The summed E-state index contributed by atoms with van der Waals surface area (Å²) in [6.45, 7) is 2.78. The van der Waals surface area contributed by atoms with Crippen LogP contribution in [0.1, 0.15) is 18.5 Å². The molecule has 2 aromatic rings. The Morgan fingerprint density at radius 3 is 2.62 bits per heavy atom. The molecule has 0 aromatic heterocycles. The molecular formula is C16H16BrClFNS. The largest absolute Gasteiger partial charge is 0.309 e. The highest BCUT2D eigenvalue weighted by Gasteiger charge is 2.18. The Hall–Kier alpha value is -0.550. The van der Waals surface area contributed by atoms with Gasteiger partial charge in [-0.25, -0.2) is 4.39 Å². The van der Waals surface area contributed by atoms with E-state index in [9.17, 15) is 4.39 Å². The van der Waals surface area contributed by atoms with Crippen LogP contribution in [0.4, 0.5) is 4.39 Å². The smallest absolute Gasteiger partial charge is 0.147 e. The molecule has 0 aliphatic carbocycles. The zero-order chi connectivity index (χ0) is 15.2.